The Balaban J connectivity index is 1.64. The van der Waals surface area contributed by atoms with Crippen molar-refractivity contribution in [2.45, 2.75) is 44.4 Å². The summed E-state index contributed by atoms with van der Waals surface area (Å²) in [6.07, 6.45) is 5.61. The third-order valence-electron chi connectivity index (χ3n) is 3.54. The highest BCUT2D eigenvalue weighted by atomic mass is 19.1. The lowest BCUT2D eigenvalue weighted by molar-refractivity contribution is 0.0219. The summed E-state index contributed by atoms with van der Waals surface area (Å²) in [6.45, 7) is 1.90. The lowest BCUT2D eigenvalue weighted by Crippen LogP contribution is -2.27. The quantitative estimate of drug-likeness (QED) is 0.885. The normalized spacial score (nSPS) is 20.5. The van der Waals surface area contributed by atoms with Crippen molar-refractivity contribution in [1.82, 2.24) is 10.3 Å². The Bertz CT molecular complexity index is 431. The fourth-order valence-electron chi connectivity index (χ4n) is 2.17. The molecular formula is C14H19FN2O2. The van der Waals surface area contributed by atoms with Crippen molar-refractivity contribution in [3.05, 3.63) is 23.6 Å². The van der Waals surface area contributed by atoms with Gasteiger partial charge < -0.3 is 14.8 Å². The predicted molar refractivity (Wildman–Crippen MR) is 68.5 cm³/mol. The van der Waals surface area contributed by atoms with Gasteiger partial charge in [-0.3, -0.25) is 0 Å². The summed E-state index contributed by atoms with van der Waals surface area (Å²) in [4.78, 5) is 4.01. The number of nitrogens with one attached hydrogen (secondary N) is 1. The van der Waals surface area contributed by atoms with Crippen molar-refractivity contribution in [2.24, 2.45) is 0 Å². The molecule has 0 spiro atoms. The number of hydrogen-bond donors (Lipinski definition) is 1. The van der Waals surface area contributed by atoms with Crippen molar-refractivity contribution >= 4 is 0 Å². The van der Waals surface area contributed by atoms with E-state index in [-0.39, 0.29) is 17.8 Å². The number of hydrogen-bond acceptors (Lipinski definition) is 4. The molecule has 5 heteroatoms. The molecule has 2 heterocycles. The molecule has 0 aromatic carbocycles. The Kier molecular flexibility index (Phi) is 3.94. The van der Waals surface area contributed by atoms with E-state index in [4.69, 9.17) is 9.47 Å². The van der Waals surface area contributed by atoms with Crippen LogP contribution in [0.1, 0.15) is 31.2 Å². The molecule has 1 saturated heterocycles. The van der Waals surface area contributed by atoms with Crippen LogP contribution in [-0.2, 0) is 11.3 Å². The summed E-state index contributed by atoms with van der Waals surface area (Å²) in [7, 11) is 0. The molecule has 4 nitrogen and oxygen atoms in total. The van der Waals surface area contributed by atoms with Gasteiger partial charge in [-0.1, -0.05) is 0 Å². The standard InChI is InChI=1S/C14H19FN2O2/c15-13-10(9-17-11-1-2-11)3-6-16-14(13)19-12-4-7-18-8-5-12/h3,6,11-12,17H,1-2,4-5,7-9H2. The number of pyridine rings is 1. The Morgan fingerprint density at radius 1 is 1.32 bits per heavy atom. The van der Waals surface area contributed by atoms with E-state index >= 15 is 0 Å². The fraction of sp³-hybridized carbons (Fsp3) is 0.643. The second-order valence-corrected chi connectivity index (χ2v) is 5.17. The maximum atomic E-state index is 14.2. The first-order valence-corrected chi connectivity index (χ1v) is 6.94. The van der Waals surface area contributed by atoms with Crippen LogP contribution < -0.4 is 10.1 Å². The molecule has 1 aliphatic heterocycles. The van der Waals surface area contributed by atoms with Gasteiger partial charge in [0.2, 0.25) is 0 Å². The molecule has 0 radical (unpaired) electrons. The van der Waals surface area contributed by atoms with Crippen LogP contribution in [0.5, 0.6) is 5.88 Å². The van der Waals surface area contributed by atoms with Gasteiger partial charge in [-0.2, -0.15) is 0 Å². The van der Waals surface area contributed by atoms with Gasteiger partial charge in [0.15, 0.2) is 5.82 Å². The van der Waals surface area contributed by atoms with E-state index in [1.54, 1.807) is 12.3 Å². The van der Waals surface area contributed by atoms with Gasteiger partial charge in [-0.05, 0) is 18.9 Å². The van der Waals surface area contributed by atoms with Gasteiger partial charge >= 0.3 is 0 Å². The predicted octanol–water partition coefficient (Wildman–Crippen LogP) is 2.03. The van der Waals surface area contributed by atoms with Crippen molar-refractivity contribution < 1.29 is 13.9 Å². The van der Waals surface area contributed by atoms with E-state index < -0.39 is 0 Å². The molecule has 2 fully saturated rings. The molecule has 1 saturated carbocycles. The maximum absolute atomic E-state index is 14.2. The highest BCUT2D eigenvalue weighted by Gasteiger charge is 2.22. The van der Waals surface area contributed by atoms with Crippen LogP contribution in [0, 0.1) is 5.82 Å². The van der Waals surface area contributed by atoms with Crippen LogP contribution in [-0.4, -0.2) is 30.3 Å². The molecule has 19 heavy (non-hydrogen) atoms. The molecule has 104 valence electrons. The van der Waals surface area contributed by atoms with Crippen LogP contribution in [0.4, 0.5) is 4.39 Å². The Hall–Kier alpha value is -1.20. The van der Waals surface area contributed by atoms with Crippen LogP contribution in [0.25, 0.3) is 0 Å². The average molecular weight is 266 g/mol. The largest absolute Gasteiger partial charge is 0.472 e. The molecule has 1 aliphatic carbocycles. The van der Waals surface area contributed by atoms with Crippen LogP contribution in [0.15, 0.2) is 12.3 Å². The molecule has 1 aromatic rings. The minimum Gasteiger partial charge on any atom is -0.472 e. The topological polar surface area (TPSA) is 43.4 Å². The lowest BCUT2D eigenvalue weighted by Gasteiger charge is -2.23. The molecule has 0 amide bonds. The van der Waals surface area contributed by atoms with Gasteiger partial charge in [0, 0.05) is 37.2 Å². The van der Waals surface area contributed by atoms with Gasteiger partial charge in [0.05, 0.1) is 13.2 Å². The molecule has 1 aromatic heterocycles. The van der Waals surface area contributed by atoms with Crippen molar-refractivity contribution in [3.63, 3.8) is 0 Å². The van der Waals surface area contributed by atoms with Gasteiger partial charge in [-0.25, -0.2) is 9.37 Å². The van der Waals surface area contributed by atoms with Crippen LogP contribution in [0.3, 0.4) is 0 Å². The zero-order valence-corrected chi connectivity index (χ0v) is 10.9. The highest BCUT2D eigenvalue weighted by Crippen LogP contribution is 2.23. The lowest BCUT2D eigenvalue weighted by atomic mass is 10.1. The van der Waals surface area contributed by atoms with E-state index in [2.05, 4.69) is 10.3 Å². The van der Waals surface area contributed by atoms with Crippen LogP contribution >= 0.6 is 0 Å². The van der Waals surface area contributed by atoms with Gasteiger partial charge in [0.25, 0.3) is 5.88 Å². The minimum atomic E-state index is -0.331. The summed E-state index contributed by atoms with van der Waals surface area (Å²) >= 11 is 0. The summed E-state index contributed by atoms with van der Waals surface area (Å²) in [6, 6.07) is 2.27. The van der Waals surface area contributed by atoms with Crippen molar-refractivity contribution in [3.8, 4) is 5.88 Å². The molecule has 3 rings (SSSR count). The first-order chi connectivity index (χ1) is 9.33. The molecule has 0 unspecified atom stereocenters. The summed E-state index contributed by atoms with van der Waals surface area (Å²) < 4.78 is 25.2. The first kappa shape index (κ1) is 12.8. The van der Waals surface area contributed by atoms with Gasteiger partial charge in [-0.15, -0.1) is 0 Å². The molecular weight excluding hydrogens is 247 g/mol. The molecule has 0 atom stereocenters. The van der Waals surface area contributed by atoms with E-state index in [9.17, 15) is 4.39 Å². The average Bonchev–Trinajstić information content (AvgIpc) is 3.25. The molecule has 0 bridgehead atoms. The SMILES string of the molecule is Fc1c(CNC2CC2)ccnc1OC1CCOCC1. The summed E-state index contributed by atoms with van der Waals surface area (Å²) in [5.74, 6) is -0.205. The second-order valence-electron chi connectivity index (χ2n) is 5.17. The monoisotopic (exact) mass is 266 g/mol. The van der Waals surface area contributed by atoms with E-state index in [0.717, 1.165) is 12.8 Å². The maximum Gasteiger partial charge on any atom is 0.250 e. The number of rotatable bonds is 5. The summed E-state index contributed by atoms with van der Waals surface area (Å²) in [5.41, 5.74) is 0.629. The zero-order valence-electron chi connectivity index (χ0n) is 10.9. The first-order valence-electron chi connectivity index (χ1n) is 6.94. The van der Waals surface area contributed by atoms with Gasteiger partial charge in [0.1, 0.15) is 6.10 Å². The number of halogens is 1. The number of aromatic nitrogens is 1. The second kappa shape index (κ2) is 5.84. The fourth-order valence-corrected chi connectivity index (χ4v) is 2.17. The van der Waals surface area contributed by atoms with Crippen LogP contribution in [0.2, 0.25) is 0 Å². The number of nitrogens with zero attached hydrogens (tertiary/aromatic N) is 1. The minimum absolute atomic E-state index is 0.0161. The third kappa shape index (κ3) is 3.42. The Morgan fingerprint density at radius 2 is 2.11 bits per heavy atom. The van der Waals surface area contributed by atoms with Crippen molar-refractivity contribution in [1.29, 1.82) is 0 Å². The molecule has 2 aliphatic rings. The smallest absolute Gasteiger partial charge is 0.250 e. The third-order valence-corrected chi connectivity index (χ3v) is 3.54. The molecule has 1 N–H and O–H groups in total. The number of ether oxygens (including phenoxy) is 2. The summed E-state index contributed by atoms with van der Waals surface area (Å²) in [5, 5.41) is 3.30. The Morgan fingerprint density at radius 3 is 2.84 bits per heavy atom. The van der Waals surface area contributed by atoms with E-state index in [1.807, 2.05) is 0 Å². The van der Waals surface area contributed by atoms with E-state index in [0.29, 0.717) is 31.4 Å². The zero-order chi connectivity index (χ0) is 13.1. The van der Waals surface area contributed by atoms with Crippen molar-refractivity contribution in [2.75, 3.05) is 13.2 Å². The van der Waals surface area contributed by atoms with E-state index in [1.165, 1.54) is 12.8 Å². The highest BCUT2D eigenvalue weighted by molar-refractivity contribution is 5.24. The Labute approximate surface area is 112 Å².